The summed E-state index contributed by atoms with van der Waals surface area (Å²) in [4.78, 5) is 15.9. The van der Waals surface area contributed by atoms with Gasteiger partial charge >= 0.3 is 0 Å². The number of nitrogens with one attached hydrogen (secondary N) is 1. The molecule has 1 amide bonds. The van der Waals surface area contributed by atoms with Gasteiger partial charge in [-0.15, -0.1) is 21.5 Å². The zero-order chi connectivity index (χ0) is 20.8. The molecule has 158 valence electrons. The number of morpholine rings is 1. The van der Waals surface area contributed by atoms with Gasteiger partial charge < -0.3 is 14.6 Å². The van der Waals surface area contributed by atoms with E-state index in [1.807, 2.05) is 34.2 Å². The van der Waals surface area contributed by atoms with Gasteiger partial charge in [-0.3, -0.25) is 9.69 Å². The lowest BCUT2D eigenvalue weighted by molar-refractivity contribution is -0.113. The number of benzene rings is 1. The number of rotatable bonds is 8. The zero-order valence-electron chi connectivity index (χ0n) is 16.9. The number of thiophene rings is 1. The van der Waals surface area contributed by atoms with E-state index < -0.39 is 0 Å². The molecule has 30 heavy (non-hydrogen) atoms. The summed E-state index contributed by atoms with van der Waals surface area (Å²) in [6.45, 7) is 7.25. The molecule has 0 atom stereocenters. The monoisotopic (exact) mass is 443 g/mol. The van der Waals surface area contributed by atoms with E-state index in [2.05, 4.69) is 39.5 Å². The first-order valence-electron chi connectivity index (χ1n) is 10.0. The van der Waals surface area contributed by atoms with E-state index >= 15 is 0 Å². The van der Waals surface area contributed by atoms with E-state index in [4.69, 9.17) is 4.74 Å². The average Bonchev–Trinajstić information content (AvgIpc) is 3.44. The van der Waals surface area contributed by atoms with E-state index in [0.29, 0.717) is 0 Å². The Morgan fingerprint density at radius 2 is 2.00 bits per heavy atom. The second-order valence-electron chi connectivity index (χ2n) is 6.95. The van der Waals surface area contributed by atoms with E-state index in [-0.39, 0.29) is 11.7 Å². The normalized spacial score (nSPS) is 14.7. The third-order valence-electron chi connectivity index (χ3n) is 4.85. The van der Waals surface area contributed by atoms with Crippen LogP contribution in [0.4, 0.5) is 5.69 Å². The van der Waals surface area contributed by atoms with Crippen molar-refractivity contribution in [3.63, 3.8) is 0 Å². The highest BCUT2D eigenvalue weighted by molar-refractivity contribution is 7.99. The Labute approximate surface area is 184 Å². The molecule has 7 nitrogen and oxygen atoms in total. The van der Waals surface area contributed by atoms with Gasteiger partial charge in [0.2, 0.25) is 5.91 Å². The van der Waals surface area contributed by atoms with Crippen LogP contribution >= 0.6 is 23.1 Å². The maximum Gasteiger partial charge on any atom is 0.234 e. The molecule has 0 bridgehead atoms. The maximum absolute atomic E-state index is 12.4. The van der Waals surface area contributed by atoms with Crippen LogP contribution < -0.4 is 5.32 Å². The van der Waals surface area contributed by atoms with Crippen molar-refractivity contribution in [1.82, 2.24) is 19.7 Å². The van der Waals surface area contributed by atoms with Crippen molar-refractivity contribution >= 4 is 34.7 Å². The lowest BCUT2D eigenvalue weighted by Gasteiger charge is -2.26. The molecule has 1 fully saturated rings. The summed E-state index contributed by atoms with van der Waals surface area (Å²) in [5.41, 5.74) is 2.05. The van der Waals surface area contributed by atoms with Gasteiger partial charge in [0, 0.05) is 31.9 Å². The smallest absolute Gasteiger partial charge is 0.234 e. The standard InChI is InChI=1S/C21H25N5O2S2/c1-2-26-20(18-4-3-13-29-18)23-24-21(26)30-15-19(27)22-17-7-5-16(6-8-17)14-25-9-11-28-12-10-25/h3-8,13H,2,9-12,14-15H2,1H3,(H,22,27). The van der Waals surface area contributed by atoms with Gasteiger partial charge in [0.25, 0.3) is 0 Å². The van der Waals surface area contributed by atoms with Gasteiger partial charge in [0.1, 0.15) is 0 Å². The second kappa shape index (κ2) is 10.2. The molecule has 0 radical (unpaired) electrons. The number of anilines is 1. The third kappa shape index (κ3) is 5.28. The number of amides is 1. The van der Waals surface area contributed by atoms with Crippen molar-refractivity contribution in [2.45, 2.75) is 25.2 Å². The molecule has 2 aromatic heterocycles. The van der Waals surface area contributed by atoms with Crippen LogP contribution in [0.2, 0.25) is 0 Å². The Balaban J connectivity index is 1.30. The summed E-state index contributed by atoms with van der Waals surface area (Å²) in [6.07, 6.45) is 0. The summed E-state index contributed by atoms with van der Waals surface area (Å²) in [7, 11) is 0. The number of aromatic nitrogens is 3. The van der Waals surface area contributed by atoms with Crippen LogP contribution in [0.3, 0.4) is 0 Å². The van der Waals surface area contributed by atoms with Crippen molar-refractivity contribution < 1.29 is 9.53 Å². The minimum absolute atomic E-state index is 0.0516. The summed E-state index contributed by atoms with van der Waals surface area (Å²) in [5.74, 6) is 1.09. The Hall–Kier alpha value is -2.20. The van der Waals surface area contributed by atoms with Gasteiger partial charge in [-0.05, 0) is 36.1 Å². The molecule has 0 aliphatic carbocycles. The minimum atomic E-state index is -0.0516. The second-order valence-corrected chi connectivity index (χ2v) is 8.84. The molecule has 0 unspecified atom stereocenters. The largest absolute Gasteiger partial charge is 0.379 e. The Bertz CT molecular complexity index is 950. The topological polar surface area (TPSA) is 72.3 Å². The molecule has 0 saturated carbocycles. The molecule has 1 aromatic carbocycles. The molecule has 9 heteroatoms. The van der Waals surface area contributed by atoms with E-state index in [1.54, 1.807) is 11.3 Å². The first-order valence-corrected chi connectivity index (χ1v) is 11.9. The van der Waals surface area contributed by atoms with Crippen LogP contribution in [0, 0.1) is 0 Å². The number of carbonyl (C=O) groups excluding carboxylic acids is 1. The Morgan fingerprint density at radius 3 is 2.70 bits per heavy atom. The van der Waals surface area contributed by atoms with Crippen molar-refractivity contribution in [2.75, 3.05) is 37.4 Å². The highest BCUT2D eigenvalue weighted by atomic mass is 32.2. The van der Waals surface area contributed by atoms with Gasteiger partial charge in [-0.25, -0.2) is 0 Å². The van der Waals surface area contributed by atoms with Crippen LogP contribution in [0.25, 0.3) is 10.7 Å². The predicted octanol–water partition coefficient (Wildman–Crippen LogP) is 3.59. The van der Waals surface area contributed by atoms with Crippen LogP contribution in [-0.4, -0.2) is 57.6 Å². The van der Waals surface area contributed by atoms with Crippen LogP contribution in [-0.2, 0) is 22.6 Å². The van der Waals surface area contributed by atoms with Gasteiger partial charge in [0.15, 0.2) is 11.0 Å². The number of hydrogen-bond donors (Lipinski definition) is 1. The van der Waals surface area contributed by atoms with Gasteiger partial charge in [0.05, 0.1) is 23.8 Å². The fourth-order valence-electron chi connectivity index (χ4n) is 3.31. The van der Waals surface area contributed by atoms with E-state index in [1.165, 1.54) is 17.3 Å². The number of nitrogens with zero attached hydrogens (tertiary/aromatic N) is 4. The van der Waals surface area contributed by atoms with Crippen molar-refractivity contribution in [3.05, 3.63) is 47.3 Å². The summed E-state index contributed by atoms with van der Waals surface area (Å²) in [5, 5.41) is 14.3. The molecular weight excluding hydrogens is 418 g/mol. The van der Waals surface area contributed by atoms with Crippen molar-refractivity contribution in [3.8, 4) is 10.7 Å². The van der Waals surface area contributed by atoms with Crippen molar-refractivity contribution in [2.24, 2.45) is 0 Å². The fraction of sp³-hybridized carbons (Fsp3) is 0.381. The number of thioether (sulfide) groups is 1. The first-order chi connectivity index (χ1) is 14.7. The number of hydrogen-bond acceptors (Lipinski definition) is 7. The Kier molecular flexibility index (Phi) is 7.16. The molecule has 1 aliphatic rings. The highest BCUT2D eigenvalue weighted by Crippen LogP contribution is 2.27. The number of carbonyl (C=O) groups is 1. The molecule has 1 saturated heterocycles. The molecule has 1 N–H and O–H groups in total. The van der Waals surface area contributed by atoms with E-state index in [9.17, 15) is 4.79 Å². The van der Waals surface area contributed by atoms with Crippen LogP contribution in [0.1, 0.15) is 12.5 Å². The number of ether oxygens (including phenoxy) is 1. The average molecular weight is 444 g/mol. The summed E-state index contributed by atoms with van der Waals surface area (Å²) < 4.78 is 7.44. The molecule has 1 aliphatic heterocycles. The Morgan fingerprint density at radius 1 is 1.20 bits per heavy atom. The molecule has 3 heterocycles. The first kappa shape index (κ1) is 21.0. The van der Waals surface area contributed by atoms with Crippen LogP contribution in [0.5, 0.6) is 0 Å². The van der Waals surface area contributed by atoms with Gasteiger partial charge in [-0.1, -0.05) is 30.0 Å². The quantitative estimate of drug-likeness (QED) is 0.537. The lowest BCUT2D eigenvalue weighted by Crippen LogP contribution is -2.35. The van der Waals surface area contributed by atoms with Crippen LogP contribution in [0.15, 0.2) is 46.9 Å². The molecule has 4 rings (SSSR count). The van der Waals surface area contributed by atoms with Crippen molar-refractivity contribution in [1.29, 1.82) is 0 Å². The summed E-state index contributed by atoms with van der Waals surface area (Å²) in [6, 6.07) is 12.1. The summed E-state index contributed by atoms with van der Waals surface area (Å²) >= 11 is 3.04. The third-order valence-corrected chi connectivity index (χ3v) is 6.69. The molecule has 3 aromatic rings. The lowest BCUT2D eigenvalue weighted by atomic mass is 10.2. The molecule has 0 spiro atoms. The maximum atomic E-state index is 12.4. The zero-order valence-corrected chi connectivity index (χ0v) is 18.5. The SMILES string of the molecule is CCn1c(SCC(=O)Nc2ccc(CN3CCOCC3)cc2)nnc1-c1cccs1. The molecular formula is C21H25N5O2S2. The highest BCUT2D eigenvalue weighted by Gasteiger charge is 2.15. The van der Waals surface area contributed by atoms with E-state index in [0.717, 1.165) is 60.9 Å². The van der Waals surface area contributed by atoms with Gasteiger partial charge in [-0.2, -0.15) is 0 Å². The predicted molar refractivity (Wildman–Crippen MR) is 121 cm³/mol. The fourth-order valence-corrected chi connectivity index (χ4v) is 4.83. The minimum Gasteiger partial charge on any atom is -0.379 e.